The molecular weight excluding hydrogens is 290 g/mol. The maximum Gasteiger partial charge on any atom is 0.239 e. The molecule has 1 fully saturated rings. The molecule has 6 heteroatoms. The Morgan fingerprint density at radius 1 is 1.38 bits per heavy atom. The molecule has 1 saturated heterocycles. The number of ether oxygens (including phenoxy) is 1. The lowest BCUT2D eigenvalue weighted by atomic mass is 9.91. The van der Waals surface area contributed by atoms with Crippen molar-refractivity contribution in [1.29, 1.82) is 0 Å². The molecule has 0 saturated carbocycles. The zero-order valence-electron chi connectivity index (χ0n) is 13.9. The molecular formula is C15H32ClN3O2. The topological polar surface area (TPSA) is 58.8 Å². The highest BCUT2D eigenvalue weighted by molar-refractivity contribution is 5.85. The van der Waals surface area contributed by atoms with Crippen LogP contribution in [0.1, 0.15) is 33.6 Å². The van der Waals surface area contributed by atoms with E-state index in [9.17, 15) is 4.79 Å². The van der Waals surface area contributed by atoms with Crippen molar-refractivity contribution in [2.24, 2.45) is 11.1 Å². The molecule has 0 aromatic rings. The molecule has 1 unspecified atom stereocenters. The number of likely N-dealkylation sites (N-methyl/N-ethyl adjacent to an activating group) is 1. The summed E-state index contributed by atoms with van der Waals surface area (Å²) in [5.74, 6) is 0.0573. The molecule has 1 aliphatic heterocycles. The van der Waals surface area contributed by atoms with E-state index >= 15 is 0 Å². The van der Waals surface area contributed by atoms with Crippen LogP contribution in [0.5, 0.6) is 0 Å². The number of nitrogens with two attached hydrogens (primary N) is 1. The van der Waals surface area contributed by atoms with Crippen LogP contribution in [-0.2, 0) is 9.53 Å². The summed E-state index contributed by atoms with van der Waals surface area (Å²) >= 11 is 0. The Morgan fingerprint density at radius 2 is 1.95 bits per heavy atom. The molecule has 126 valence electrons. The number of rotatable bonds is 7. The predicted molar refractivity (Wildman–Crippen MR) is 88.8 cm³/mol. The van der Waals surface area contributed by atoms with Crippen LogP contribution < -0.4 is 5.73 Å². The summed E-state index contributed by atoms with van der Waals surface area (Å²) in [5.41, 5.74) is 5.98. The van der Waals surface area contributed by atoms with Gasteiger partial charge in [-0.2, -0.15) is 0 Å². The van der Waals surface area contributed by atoms with E-state index in [0.29, 0.717) is 0 Å². The fraction of sp³-hybridized carbons (Fsp3) is 0.933. The number of nitrogens with zero attached hydrogens (tertiary/aromatic N) is 2. The molecule has 1 aliphatic rings. The van der Waals surface area contributed by atoms with E-state index in [-0.39, 0.29) is 29.8 Å². The van der Waals surface area contributed by atoms with Gasteiger partial charge in [0.05, 0.1) is 19.3 Å². The standard InChI is InChI=1S/C15H31N3O2.ClH/c1-5-6-13(16)14(19)17(4)11-15(2,3)12-18-7-9-20-10-8-18;/h13H,5-12,16H2,1-4H3;1H. The first kappa shape index (κ1) is 20.6. The third-order valence-corrected chi connectivity index (χ3v) is 3.71. The molecule has 0 spiro atoms. The monoisotopic (exact) mass is 321 g/mol. The molecule has 0 aromatic heterocycles. The van der Waals surface area contributed by atoms with E-state index in [0.717, 1.165) is 52.2 Å². The van der Waals surface area contributed by atoms with Gasteiger partial charge in [0.1, 0.15) is 0 Å². The minimum atomic E-state index is -0.357. The van der Waals surface area contributed by atoms with Gasteiger partial charge in [-0.25, -0.2) is 0 Å². The Bertz CT molecular complexity index is 307. The van der Waals surface area contributed by atoms with Crippen LogP contribution in [0.4, 0.5) is 0 Å². The van der Waals surface area contributed by atoms with E-state index in [1.165, 1.54) is 0 Å². The van der Waals surface area contributed by atoms with E-state index in [4.69, 9.17) is 10.5 Å². The summed E-state index contributed by atoms with van der Waals surface area (Å²) in [5, 5.41) is 0. The highest BCUT2D eigenvalue weighted by Crippen LogP contribution is 2.19. The van der Waals surface area contributed by atoms with Crippen LogP contribution in [0.3, 0.4) is 0 Å². The summed E-state index contributed by atoms with van der Waals surface area (Å²) in [7, 11) is 1.86. The number of hydrogen-bond acceptors (Lipinski definition) is 4. The largest absolute Gasteiger partial charge is 0.379 e. The van der Waals surface area contributed by atoms with Crippen molar-refractivity contribution in [1.82, 2.24) is 9.80 Å². The Hall–Kier alpha value is -0.360. The summed E-state index contributed by atoms with van der Waals surface area (Å²) in [6, 6.07) is -0.357. The Labute approximate surface area is 135 Å². The van der Waals surface area contributed by atoms with Gasteiger partial charge in [0.15, 0.2) is 0 Å². The second-order valence-corrected chi connectivity index (χ2v) is 6.64. The molecule has 1 heterocycles. The summed E-state index contributed by atoms with van der Waals surface area (Å²) in [6.07, 6.45) is 1.70. The number of carbonyl (C=O) groups is 1. The fourth-order valence-electron chi connectivity index (χ4n) is 2.85. The molecule has 0 aromatic carbocycles. The lowest BCUT2D eigenvalue weighted by Crippen LogP contribution is -2.49. The summed E-state index contributed by atoms with van der Waals surface area (Å²) < 4.78 is 5.37. The highest BCUT2D eigenvalue weighted by Gasteiger charge is 2.27. The third-order valence-electron chi connectivity index (χ3n) is 3.71. The van der Waals surface area contributed by atoms with Crippen molar-refractivity contribution in [2.75, 3.05) is 46.4 Å². The number of carbonyl (C=O) groups excluding carboxylic acids is 1. The van der Waals surface area contributed by atoms with Crippen molar-refractivity contribution in [3.63, 3.8) is 0 Å². The quantitative estimate of drug-likeness (QED) is 0.769. The van der Waals surface area contributed by atoms with Crippen molar-refractivity contribution in [3.8, 4) is 0 Å². The molecule has 5 nitrogen and oxygen atoms in total. The molecule has 1 atom stereocenters. The van der Waals surface area contributed by atoms with Gasteiger partial charge in [-0.1, -0.05) is 27.2 Å². The average molecular weight is 322 g/mol. The van der Waals surface area contributed by atoms with Crippen molar-refractivity contribution >= 4 is 18.3 Å². The number of morpholine rings is 1. The van der Waals surface area contributed by atoms with Gasteiger partial charge in [0, 0.05) is 33.2 Å². The lowest BCUT2D eigenvalue weighted by molar-refractivity contribution is -0.133. The van der Waals surface area contributed by atoms with E-state index in [1.54, 1.807) is 4.90 Å². The van der Waals surface area contributed by atoms with Crippen LogP contribution in [0, 0.1) is 5.41 Å². The molecule has 21 heavy (non-hydrogen) atoms. The molecule has 0 aliphatic carbocycles. The van der Waals surface area contributed by atoms with Crippen LogP contribution >= 0.6 is 12.4 Å². The van der Waals surface area contributed by atoms with Crippen LogP contribution in [0.15, 0.2) is 0 Å². The molecule has 0 bridgehead atoms. The van der Waals surface area contributed by atoms with Gasteiger partial charge in [0.2, 0.25) is 5.91 Å². The van der Waals surface area contributed by atoms with Crippen LogP contribution in [0.25, 0.3) is 0 Å². The van der Waals surface area contributed by atoms with Gasteiger partial charge in [-0.05, 0) is 11.8 Å². The Kier molecular flexibility index (Phi) is 9.45. The van der Waals surface area contributed by atoms with Crippen molar-refractivity contribution in [2.45, 2.75) is 39.7 Å². The average Bonchev–Trinajstić information content (AvgIpc) is 2.38. The third kappa shape index (κ3) is 7.45. The first-order valence-electron chi connectivity index (χ1n) is 7.66. The highest BCUT2D eigenvalue weighted by atomic mass is 35.5. The van der Waals surface area contributed by atoms with Gasteiger partial charge in [0.25, 0.3) is 0 Å². The Balaban J connectivity index is 0.00000400. The number of amides is 1. The summed E-state index contributed by atoms with van der Waals surface area (Å²) in [6.45, 7) is 11.8. The van der Waals surface area contributed by atoms with Gasteiger partial charge in [-0.15, -0.1) is 12.4 Å². The minimum Gasteiger partial charge on any atom is -0.379 e. The van der Waals surface area contributed by atoms with Gasteiger partial charge < -0.3 is 15.4 Å². The van der Waals surface area contributed by atoms with Gasteiger partial charge in [-0.3, -0.25) is 9.69 Å². The van der Waals surface area contributed by atoms with Crippen LogP contribution in [0.2, 0.25) is 0 Å². The normalized spacial score (nSPS) is 18.0. The lowest BCUT2D eigenvalue weighted by Gasteiger charge is -2.37. The molecule has 2 N–H and O–H groups in total. The molecule has 1 rings (SSSR count). The van der Waals surface area contributed by atoms with Crippen molar-refractivity contribution in [3.05, 3.63) is 0 Å². The van der Waals surface area contributed by atoms with Crippen molar-refractivity contribution < 1.29 is 9.53 Å². The molecule has 1 amide bonds. The maximum absolute atomic E-state index is 12.2. The first-order valence-corrected chi connectivity index (χ1v) is 7.66. The zero-order valence-corrected chi connectivity index (χ0v) is 14.7. The smallest absolute Gasteiger partial charge is 0.239 e. The first-order chi connectivity index (χ1) is 9.35. The maximum atomic E-state index is 12.2. The SMILES string of the molecule is CCCC(N)C(=O)N(C)CC(C)(C)CN1CCOCC1.Cl. The van der Waals surface area contributed by atoms with E-state index in [1.807, 2.05) is 7.05 Å². The molecule has 0 radical (unpaired) electrons. The number of hydrogen-bond donors (Lipinski definition) is 1. The zero-order chi connectivity index (χ0) is 15.2. The summed E-state index contributed by atoms with van der Waals surface area (Å²) in [4.78, 5) is 16.4. The Morgan fingerprint density at radius 3 is 2.48 bits per heavy atom. The second-order valence-electron chi connectivity index (χ2n) is 6.64. The number of halogens is 1. The van der Waals surface area contributed by atoms with Gasteiger partial charge >= 0.3 is 0 Å². The second kappa shape index (κ2) is 9.62. The fourth-order valence-corrected chi connectivity index (χ4v) is 2.85. The van der Waals surface area contributed by atoms with E-state index in [2.05, 4.69) is 25.7 Å². The minimum absolute atomic E-state index is 0. The van der Waals surface area contributed by atoms with Crippen LogP contribution in [-0.4, -0.2) is 68.2 Å². The van der Waals surface area contributed by atoms with E-state index < -0.39 is 0 Å². The predicted octanol–water partition coefficient (Wildman–Crippen LogP) is 1.35.